The minimum Gasteiger partial charge on any atom is -0.481 e. The van der Waals surface area contributed by atoms with Gasteiger partial charge in [0.05, 0.1) is 12.5 Å². The summed E-state index contributed by atoms with van der Waals surface area (Å²) in [5.41, 5.74) is 0. The Bertz CT molecular complexity index is 348. The molecule has 19 heavy (non-hydrogen) atoms. The first-order valence-corrected chi connectivity index (χ1v) is 6.82. The number of carboxylic acids is 1. The van der Waals surface area contributed by atoms with Crippen molar-refractivity contribution in [3.8, 4) is 0 Å². The molecular weight excluding hydrogens is 248 g/mol. The van der Waals surface area contributed by atoms with Crippen LogP contribution in [-0.2, 0) is 14.3 Å². The van der Waals surface area contributed by atoms with Gasteiger partial charge in [-0.1, -0.05) is 0 Å². The van der Waals surface area contributed by atoms with Crippen LogP contribution in [0, 0.1) is 11.8 Å². The minimum atomic E-state index is -0.857. The molecule has 2 saturated heterocycles. The maximum Gasteiger partial charge on any atom is 0.308 e. The Morgan fingerprint density at radius 2 is 2.26 bits per heavy atom. The van der Waals surface area contributed by atoms with E-state index in [2.05, 4.69) is 4.90 Å². The van der Waals surface area contributed by atoms with Crippen LogP contribution in [0.4, 0.5) is 0 Å². The monoisotopic (exact) mass is 270 g/mol. The van der Waals surface area contributed by atoms with Gasteiger partial charge in [0.15, 0.2) is 0 Å². The van der Waals surface area contributed by atoms with Crippen LogP contribution in [0.25, 0.3) is 0 Å². The average Bonchev–Trinajstić information content (AvgIpc) is 2.95. The Hall–Kier alpha value is -1.14. The summed E-state index contributed by atoms with van der Waals surface area (Å²) in [6.07, 6.45) is 1.24. The molecule has 108 valence electrons. The normalized spacial score (nSPS) is 28.3. The molecule has 0 saturated carbocycles. The van der Waals surface area contributed by atoms with Gasteiger partial charge in [0.2, 0.25) is 5.91 Å². The van der Waals surface area contributed by atoms with E-state index in [1.807, 2.05) is 0 Å². The predicted octanol–water partition coefficient (Wildman–Crippen LogP) is -0.112. The van der Waals surface area contributed by atoms with Gasteiger partial charge in [-0.15, -0.1) is 0 Å². The number of hydrogen-bond donors (Lipinski definition) is 1. The van der Waals surface area contributed by atoms with E-state index >= 15 is 0 Å². The lowest BCUT2D eigenvalue weighted by Gasteiger charge is -2.21. The van der Waals surface area contributed by atoms with Gasteiger partial charge in [-0.05, 0) is 18.9 Å². The fourth-order valence-corrected chi connectivity index (χ4v) is 2.91. The highest BCUT2D eigenvalue weighted by Crippen LogP contribution is 2.23. The van der Waals surface area contributed by atoms with Gasteiger partial charge < -0.3 is 19.6 Å². The number of methoxy groups -OCH3 is 1. The topological polar surface area (TPSA) is 70.1 Å². The van der Waals surface area contributed by atoms with Crippen molar-refractivity contribution in [3.05, 3.63) is 0 Å². The zero-order chi connectivity index (χ0) is 13.8. The van der Waals surface area contributed by atoms with E-state index in [1.165, 1.54) is 0 Å². The highest BCUT2D eigenvalue weighted by molar-refractivity contribution is 5.86. The van der Waals surface area contributed by atoms with E-state index in [0.717, 1.165) is 32.7 Å². The van der Waals surface area contributed by atoms with Gasteiger partial charge in [0, 0.05) is 39.7 Å². The second-order valence-electron chi connectivity index (χ2n) is 5.49. The van der Waals surface area contributed by atoms with Crippen molar-refractivity contribution in [3.63, 3.8) is 0 Å². The largest absolute Gasteiger partial charge is 0.481 e. The van der Waals surface area contributed by atoms with Crippen molar-refractivity contribution in [1.29, 1.82) is 0 Å². The quantitative estimate of drug-likeness (QED) is 0.729. The van der Waals surface area contributed by atoms with Crippen molar-refractivity contribution in [1.82, 2.24) is 9.80 Å². The van der Waals surface area contributed by atoms with E-state index in [1.54, 1.807) is 12.0 Å². The molecule has 0 bridgehead atoms. The predicted molar refractivity (Wildman–Crippen MR) is 68.7 cm³/mol. The summed E-state index contributed by atoms with van der Waals surface area (Å²) in [6.45, 7) is 4.76. The molecule has 1 N–H and O–H groups in total. The van der Waals surface area contributed by atoms with Crippen LogP contribution in [0.15, 0.2) is 0 Å². The van der Waals surface area contributed by atoms with Crippen molar-refractivity contribution < 1.29 is 19.4 Å². The maximum absolute atomic E-state index is 11.8. The van der Waals surface area contributed by atoms with Crippen LogP contribution in [0.2, 0.25) is 0 Å². The van der Waals surface area contributed by atoms with E-state index < -0.39 is 11.9 Å². The van der Waals surface area contributed by atoms with Gasteiger partial charge >= 0.3 is 5.97 Å². The molecule has 0 aromatic carbocycles. The van der Waals surface area contributed by atoms with Crippen LogP contribution in [0.5, 0.6) is 0 Å². The van der Waals surface area contributed by atoms with E-state index in [9.17, 15) is 9.59 Å². The van der Waals surface area contributed by atoms with Crippen LogP contribution >= 0.6 is 0 Å². The number of carboxylic acid groups (broad SMARTS) is 1. The Morgan fingerprint density at radius 3 is 2.89 bits per heavy atom. The van der Waals surface area contributed by atoms with Crippen molar-refractivity contribution >= 4 is 11.9 Å². The first-order valence-electron chi connectivity index (χ1n) is 6.82. The van der Waals surface area contributed by atoms with E-state index in [4.69, 9.17) is 9.84 Å². The third-order valence-corrected chi connectivity index (χ3v) is 4.02. The molecule has 2 rings (SSSR count). The first-order chi connectivity index (χ1) is 9.10. The lowest BCUT2D eigenvalue weighted by Crippen LogP contribution is -2.33. The van der Waals surface area contributed by atoms with Gasteiger partial charge in [0.25, 0.3) is 0 Å². The van der Waals surface area contributed by atoms with Crippen LogP contribution < -0.4 is 0 Å². The Kier molecular flexibility index (Phi) is 4.76. The highest BCUT2D eigenvalue weighted by Gasteiger charge is 2.36. The van der Waals surface area contributed by atoms with Crippen LogP contribution in [0.3, 0.4) is 0 Å². The molecule has 1 amide bonds. The number of rotatable bonds is 6. The number of ether oxygens (including phenoxy) is 1. The Labute approximate surface area is 113 Å². The lowest BCUT2D eigenvalue weighted by molar-refractivity contribution is -0.141. The van der Waals surface area contributed by atoms with Gasteiger partial charge in [-0.3, -0.25) is 9.59 Å². The number of carbonyl (C=O) groups is 2. The molecular formula is C13H22N2O4. The Balaban J connectivity index is 1.76. The molecule has 2 aliphatic heterocycles. The molecule has 2 heterocycles. The van der Waals surface area contributed by atoms with Crippen LogP contribution in [0.1, 0.15) is 12.8 Å². The molecule has 2 unspecified atom stereocenters. The summed E-state index contributed by atoms with van der Waals surface area (Å²) in [4.78, 5) is 26.7. The third kappa shape index (κ3) is 3.67. The number of likely N-dealkylation sites (tertiary alicyclic amines) is 2. The molecule has 0 aromatic heterocycles. The molecule has 6 nitrogen and oxygen atoms in total. The van der Waals surface area contributed by atoms with Crippen molar-refractivity contribution in [2.75, 3.05) is 46.4 Å². The molecule has 0 radical (unpaired) electrons. The third-order valence-electron chi connectivity index (χ3n) is 4.02. The Morgan fingerprint density at radius 1 is 1.47 bits per heavy atom. The SMILES string of the molecule is COCCN1CCC(CN2CC(C(=O)O)CC2=O)C1. The van der Waals surface area contributed by atoms with Crippen molar-refractivity contribution in [2.24, 2.45) is 11.8 Å². The lowest BCUT2D eigenvalue weighted by atomic mass is 10.1. The van der Waals surface area contributed by atoms with Gasteiger partial charge in [-0.25, -0.2) is 0 Å². The van der Waals surface area contributed by atoms with Crippen LogP contribution in [-0.4, -0.2) is 73.2 Å². The second kappa shape index (κ2) is 6.34. The molecule has 2 aliphatic rings. The van der Waals surface area contributed by atoms with E-state index in [-0.39, 0.29) is 12.3 Å². The van der Waals surface area contributed by atoms with Gasteiger partial charge in [-0.2, -0.15) is 0 Å². The number of carbonyl (C=O) groups excluding carboxylic acids is 1. The van der Waals surface area contributed by atoms with Crippen molar-refractivity contribution in [2.45, 2.75) is 12.8 Å². The summed E-state index contributed by atoms with van der Waals surface area (Å²) in [5, 5.41) is 8.95. The number of aliphatic carboxylic acids is 1. The summed E-state index contributed by atoms with van der Waals surface area (Å²) >= 11 is 0. The second-order valence-corrected chi connectivity index (χ2v) is 5.49. The summed E-state index contributed by atoms with van der Waals surface area (Å²) in [7, 11) is 1.70. The first kappa shape index (κ1) is 14.3. The zero-order valence-corrected chi connectivity index (χ0v) is 11.4. The molecule has 2 atom stereocenters. The number of hydrogen-bond acceptors (Lipinski definition) is 4. The molecule has 0 aliphatic carbocycles. The smallest absolute Gasteiger partial charge is 0.308 e. The number of amides is 1. The summed E-state index contributed by atoms with van der Waals surface area (Å²) in [5.74, 6) is -0.918. The number of nitrogens with zero attached hydrogens (tertiary/aromatic N) is 2. The van der Waals surface area contributed by atoms with E-state index in [0.29, 0.717) is 19.0 Å². The molecule has 0 aromatic rings. The zero-order valence-electron chi connectivity index (χ0n) is 11.4. The fourth-order valence-electron chi connectivity index (χ4n) is 2.91. The molecule has 0 spiro atoms. The molecule has 2 fully saturated rings. The maximum atomic E-state index is 11.8. The minimum absolute atomic E-state index is 0.0114. The van der Waals surface area contributed by atoms with Gasteiger partial charge in [0.1, 0.15) is 0 Å². The average molecular weight is 270 g/mol. The highest BCUT2D eigenvalue weighted by atomic mass is 16.5. The standard InChI is InChI=1S/C13H22N2O4/c1-19-5-4-14-3-2-10(7-14)8-15-9-11(13(17)18)6-12(15)16/h10-11H,2-9H2,1H3,(H,17,18). The molecule has 6 heteroatoms. The fraction of sp³-hybridized carbons (Fsp3) is 0.846. The summed E-state index contributed by atoms with van der Waals surface area (Å²) in [6, 6.07) is 0. The summed E-state index contributed by atoms with van der Waals surface area (Å²) < 4.78 is 5.06.